The molecule has 6 heteroatoms. The van der Waals surface area contributed by atoms with Gasteiger partial charge < -0.3 is 14.8 Å². The van der Waals surface area contributed by atoms with Gasteiger partial charge in [0.25, 0.3) is 5.56 Å². The normalized spacial score (nSPS) is 15.9. The Morgan fingerprint density at radius 2 is 1.90 bits per heavy atom. The second-order valence-electron chi connectivity index (χ2n) is 5.49. The lowest BCUT2D eigenvalue weighted by atomic mass is 10.3. The summed E-state index contributed by atoms with van der Waals surface area (Å²) in [5, 5.41) is 3.28. The Labute approximate surface area is 119 Å². The van der Waals surface area contributed by atoms with Crippen molar-refractivity contribution in [3.05, 3.63) is 32.6 Å². The summed E-state index contributed by atoms with van der Waals surface area (Å²) in [6.45, 7) is 4.98. The first-order chi connectivity index (χ1) is 9.59. The minimum absolute atomic E-state index is 0.208. The van der Waals surface area contributed by atoms with Crippen LogP contribution in [0.3, 0.4) is 0 Å². The van der Waals surface area contributed by atoms with Crippen LogP contribution in [-0.2, 0) is 20.6 Å². The highest BCUT2D eigenvalue weighted by atomic mass is 16.2. The predicted octanol–water partition coefficient (Wildman–Crippen LogP) is -0.340. The summed E-state index contributed by atoms with van der Waals surface area (Å²) >= 11 is 0. The van der Waals surface area contributed by atoms with E-state index in [0.29, 0.717) is 12.1 Å². The van der Waals surface area contributed by atoms with E-state index in [-0.39, 0.29) is 11.2 Å². The van der Waals surface area contributed by atoms with E-state index in [0.717, 1.165) is 24.1 Å². The number of rotatable bonds is 6. The molecule has 6 nitrogen and oxygen atoms in total. The molecule has 0 aromatic carbocycles. The molecule has 0 radical (unpaired) electrons. The van der Waals surface area contributed by atoms with Crippen LogP contribution in [-0.4, -0.2) is 40.2 Å². The van der Waals surface area contributed by atoms with Crippen LogP contribution >= 0.6 is 0 Å². The average Bonchev–Trinajstić information content (AvgIpc) is 2.94. The van der Waals surface area contributed by atoms with Crippen LogP contribution < -0.4 is 16.6 Å². The van der Waals surface area contributed by atoms with Crippen molar-refractivity contribution in [2.75, 3.05) is 26.2 Å². The van der Waals surface area contributed by atoms with Gasteiger partial charge in [0.05, 0.1) is 0 Å². The molecule has 0 spiro atoms. The van der Waals surface area contributed by atoms with Gasteiger partial charge in [-0.05, 0) is 45.4 Å². The third-order valence-electron chi connectivity index (χ3n) is 3.86. The quantitative estimate of drug-likeness (QED) is 0.724. The average molecular weight is 280 g/mol. The van der Waals surface area contributed by atoms with Crippen LogP contribution in [0.5, 0.6) is 0 Å². The van der Waals surface area contributed by atoms with Gasteiger partial charge in [-0.3, -0.25) is 9.36 Å². The minimum Gasteiger partial charge on any atom is -0.312 e. The first kappa shape index (κ1) is 15.0. The molecule has 0 saturated carbocycles. The standard InChI is InChI=1S/C14H24N4O2/c1-16-11-12(13(19)17(2)14(16)20)10-15-6-5-9-18-7-3-4-8-18/h11,15H,3-10H2,1-2H3. The molecule has 0 unspecified atom stereocenters. The van der Waals surface area contributed by atoms with Crippen LogP contribution in [0.4, 0.5) is 0 Å². The van der Waals surface area contributed by atoms with Gasteiger partial charge in [-0.1, -0.05) is 0 Å². The van der Waals surface area contributed by atoms with E-state index in [4.69, 9.17) is 0 Å². The predicted molar refractivity (Wildman–Crippen MR) is 78.9 cm³/mol. The smallest absolute Gasteiger partial charge is 0.312 e. The van der Waals surface area contributed by atoms with Crippen molar-refractivity contribution in [2.24, 2.45) is 14.1 Å². The Balaban J connectivity index is 1.79. The number of aryl methyl sites for hydroxylation is 1. The van der Waals surface area contributed by atoms with Crippen LogP contribution in [0.2, 0.25) is 0 Å². The van der Waals surface area contributed by atoms with Gasteiger partial charge in [0, 0.05) is 32.4 Å². The fraction of sp³-hybridized carbons (Fsp3) is 0.714. The Kier molecular flexibility index (Phi) is 5.14. The molecule has 1 N–H and O–H groups in total. The van der Waals surface area contributed by atoms with Gasteiger partial charge in [-0.15, -0.1) is 0 Å². The molecule has 1 aromatic heterocycles. The number of hydrogen-bond donors (Lipinski definition) is 1. The van der Waals surface area contributed by atoms with E-state index >= 15 is 0 Å². The van der Waals surface area contributed by atoms with Crippen molar-refractivity contribution >= 4 is 0 Å². The second kappa shape index (κ2) is 6.85. The number of nitrogens with one attached hydrogen (secondary N) is 1. The Bertz CT molecular complexity index is 555. The largest absolute Gasteiger partial charge is 0.330 e. The molecule has 0 aliphatic carbocycles. The SMILES string of the molecule is Cn1cc(CNCCCN2CCCC2)c(=O)n(C)c1=O. The van der Waals surface area contributed by atoms with Crippen molar-refractivity contribution in [2.45, 2.75) is 25.8 Å². The summed E-state index contributed by atoms with van der Waals surface area (Å²) < 4.78 is 2.60. The van der Waals surface area contributed by atoms with Crippen molar-refractivity contribution in [3.63, 3.8) is 0 Å². The maximum Gasteiger partial charge on any atom is 0.330 e. The summed E-state index contributed by atoms with van der Waals surface area (Å²) in [5.74, 6) is 0. The van der Waals surface area contributed by atoms with Gasteiger partial charge in [-0.25, -0.2) is 4.79 Å². The molecule has 1 aliphatic rings. The third-order valence-corrected chi connectivity index (χ3v) is 3.86. The van der Waals surface area contributed by atoms with Crippen LogP contribution in [0.15, 0.2) is 15.8 Å². The van der Waals surface area contributed by atoms with E-state index in [1.807, 2.05) is 0 Å². The molecule has 2 heterocycles. The van der Waals surface area contributed by atoms with Crippen LogP contribution in [0.1, 0.15) is 24.8 Å². The molecule has 112 valence electrons. The molecule has 0 atom stereocenters. The van der Waals surface area contributed by atoms with Gasteiger partial charge in [0.15, 0.2) is 0 Å². The molecule has 0 amide bonds. The summed E-state index contributed by atoms with van der Waals surface area (Å²) in [4.78, 5) is 26.0. The lowest BCUT2D eigenvalue weighted by Gasteiger charge is -2.14. The Morgan fingerprint density at radius 1 is 1.20 bits per heavy atom. The molecular weight excluding hydrogens is 256 g/mol. The van der Waals surface area contributed by atoms with Crippen molar-refractivity contribution in [1.29, 1.82) is 0 Å². The van der Waals surface area contributed by atoms with Crippen molar-refractivity contribution < 1.29 is 0 Å². The third kappa shape index (κ3) is 3.58. The van der Waals surface area contributed by atoms with Gasteiger partial charge >= 0.3 is 5.69 Å². The number of nitrogens with zero attached hydrogens (tertiary/aromatic N) is 3. The Morgan fingerprint density at radius 3 is 2.60 bits per heavy atom. The van der Waals surface area contributed by atoms with Gasteiger partial charge in [0.2, 0.25) is 0 Å². The number of hydrogen-bond acceptors (Lipinski definition) is 4. The molecule has 20 heavy (non-hydrogen) atoms. The van der Waals surface area contributed by atoms with E-state index in [1.54, 1.807) is 13.2 Å². The van der Waals surface area contributed by atoms with E-state index in [2.05, 4.69) is 10.2 Å². The molecule has 1 fully saturated rings. The molecule has 2 rings (SSSR count). The van der Waals surface area contributed by atoms with Crippen molar-refractivity contribution in [1.82, 2.24) is 19.4 Å². The first-order valence-corrected chi connectivity index (χ1v) is 7.28. The lowest BCUT2D eigenvalue weighted by molar-refractivity contribution is 0.331. The molecular formula is C14H24N4O2. The fourth-order valence-electron chi connectivity index (χ4n) is 2.66. The van der Waals surface area contributed by atoms with Gasteiger partial charge in [-0.2, -0.15) is 0 Å². The molecule has 0 bridgehead atoms. The lowest BCUT2D eigenvalue weighted by Crippen LogP contribution is -2.39. The highest BCUT2D eigenvalue weighted by Gasteiger charge is 2.10. The number of aromatic nitrogens is 2. The summed E-state index contributed by atoms with van der Waals surface area (Å²) in [6, 6.07) is 0. The fourth-order valence-corrected chi connectivity index (χ4v) is 2.66. The topological polar surface area (TPSA) is 59.3 Å². The molecule has 1 aromatic rings. The van der Waals surface area contributed by atoms with Gasteiger partial charge in [0.1, 0.15) is 0 Å². The summed E-state index contributed by atoms with van der Waals surface area (Å²) in [6.07, 6.45) is 5.35. The van der Waals surface area contributed by atoms with E-state index in [1.165, 1.54) is 37.5 Å². The van der Waals surface area contributed by atoms with Crippen molar-refractivity contribution in [3.8, 4) is 0 Å². The first-order valence-electron chi connectivity index (χ1n) is 7.28. The second-order valence-corrected chi connectivity index (χ2v) is 5.49. The zero-order valence-corrected chi connectivity index (χ0v) is 12.4. The van der Waals surface area contributed by atoms with E-state index in [9.17, 15) is 9.59 Å². The summed E-state index contributed by atoms with van der Waals surface area (Å²) in [7, 11) is 3.18. The molecule has 1 aliphatic heterocycles. The molecule has 1 saturated heterocycles. The minimum atomic E-state index is -0.284. The van der Waals surface area contributed by atoms with E-state index < -0.39 is 0 Å². The maximum atomic E-state index is 11.9. The highest BCUT2D eigenvalue weighted by molar-refractivity contribution is 5.05. The highest BCUT2D eigenvalue weighted by Crippen LogP contribution is 2.06. The van der Waals surface area contributed by atoms with Crippen LogP contribution in [0.25, 0.3) is 0 Å². The zero-order valence-electron chi connectivity index (χ0n) is 12.4. The zero-order chi connectivity index (χ0) is 14.5. The monoisotopic (exact) mass is 280 g/mol. The van der Waals surface area contributed by atoms with Crippen LogP contribution in [0, 0.1) is 0 Å². The Hall–Kier alpha value is -1.40. The maximum absolute atomic E-state index is 11.9. The number of likely N-dealkylation sites (tertiary alicyclic amines) is 1. The summed E-state index contributed by atoms with van der Waals surface area (Å²) in [5.41, 5.74) is 0.142.